The van der Waals surface area contributed by atoms with Crippen LogP contribution in [-0.4, -0.2) is 27.3 Å². The van der Waals surface area contributed by atoms with E-state index < -0.39 is 0 Å². The molecule has 5 nitrogen and oxygen atoms in total. The second kappa shape index (κ2) is 4.86. The summed E-state index contributed by atoms with van der Waals surface area (Å²) in [4.78, 5) is 9.67. The Morgan fingerprint density at radius 1 is 1.38 bits per heavy atom. The second-order valence-electron chi connectivity index (χ2n) is 3.19. The SMILES string of the molecule is CCc1nc(COC)c(-c2nc(=S)[nH][nH]2)s1. The van der Waals surface area contributed by atoms with E-state index in [1.165, 1.54) is 0 Å². The Labute approximate surface area is 102 Å². The van der Waals surface area contributed by atoms with Crippen LogP contribution in [0.25, 0.3) is 10.7 Å². The van der Waals surface area contributed by atoms with Crippen molar-refractivity contribution in [2.45, 2.75) is 20.0 Å². The molecule has 2 aromatic rings. The number of hydrogen-bond donors (Lipinski definition) is 2. The molecule has 2 N–H and O–H groups in total. The summed E-state index contributed by atoms with van der Waals surface area (Å²) < 4.78 is 5.57. The number of aryl methyl sites for hydroxylation is 1. The first-order valence-corrected chi connectivity index (χ1v) is 6.09. The van der Waals surface area contributed by atoms with Gasteiger partial charge in [-0.3, -0.25) is 10.2 Å². The number of nitrogens with zero attached hydrogens (tertiary/aromatic N) is 2. The maximum atomic E-state index is 5.12. The lowest BCUT2D eigenvalue weighted by Gasteiger charge is -1.96. The zero-order valence-electron chi connectivity index (χ0n) is 9.03. The maximum absolute atomic E-state index is 5.12. The lowest BCUT2D eigenvalue weighted by atomic mass is 10.3. The summed E-state index contributed by atoms with van der Waals surface area (Å²) in [5.41, 5.74) is 0.905. The molecule has 0 spiro atoms. The van der Waals surface area contributed by atoms with Gasteiger partial charge in [0.15, 0.2) is 5.82 Å². The molecular formula is C9H12N4OS2. The smallest absolute Gasteiger partial charge is 0.213 e. The summed E-state index contributed by atoms with van der Waals surface area (Å²) in [6.45, 7) is 2.56. The lowest BCUT2D eigenvalue weighted by molar-refractivity contribution is 0.182. The molecule has 0 aliphatic heterocycles. The van der Waals surface area contributed by atoms with Crippen molar-refractivity contribution < 1.29 is 4.74 Å². The second-order valence-corrected chi connectivity index (χ2v) is 4.66. The Hall–Kier alpha value is -1.05. The van der Waals surface area contributed by atoms with Gasteiger partial charge in [-0.2, -0.15) is 4.98 Å². The van der Waals surface area contributed by atoms with E-state index in [1.54, 1.807) is 18.4 Å². The average Bonchev–Trinajstić information content (AvgIpc) is 2.85. The van der Waals surface area contributed by atoms with Crippen LogP contribution >= 0.6 is 23.6 Å². The fourth-order valence-electron chi connectivity index (χ4n) is 1.35. The van der Waals surface area contributed by atoms with Crippen LogP contribution in [0.1, 0.15) is 17.6 Å². The van der Waals surface area contributed by atoms with E-state index in [0.717, 1.165) is 27.8 Å². The van der Waals surface area contributed by atoms with Gasteiger partial charge in [-0.05, 0) is 18.6 Å². The van der Waals surface area contributed by atoms with Crippen molar-refractivity contribution >= 4 is 23.6 Å². The minimum atomic E-state index is 0.449. The molecule has 0 fully saturated rings. The largest absolute Gasteiger partial charge is 0.378 e. The van der Waals surface area contributed by atoms with Gasteiger partial charge in [0.05, 0.1) is 22.2 Å². The molecule has 7 heteroatoms. The summed E-state index contributed by atoms with van der Waals surface area (Å²) >= 11 is 6.55. The summed E-state index contributed by atoms with van der Waals surface area (Å²) in [6.07, 6.45) is 0.909. The molecule has 2 aromatic heterocycles. The molecule has 0 unspecified atom stereocenters. The van der Waals surface area contributed by atoms with Crippen LogP contribution in [0.2, 0.25) is 0 Å². The molecule has 0 aliphatic carbocycles. The summed E-state index contributed by atoms with van der Waals surface area (Å²) in [5, 5.41) is 6.79. The highest BCUT2D eigenvalue weighted by Crippen LogP contribution is 2.28. The van der Waals surface area contributed by atoms with Crippen molar-refractivity contribution in [1.29, 1.82) is 0 Å². The third-order valence-electron chi connectivity index (χ3n) is 2.04. The van der Waals surface area contributed by atoms with Gasteiger partial charge in [-0.25, -0.2) is 4.98 Å². The molecule has 0 radical (unpaired) electrons. The third-order valence-corrected chi connectivity index (χ3v) is 3.48. The van der Waals surface area contributed by atoms with Crippen LogP contribution in [0.15, 0.2) is 0 Å². The number of rotatable bonds is 4. The number of thiazole rings is 1. The van der Waals surface area contributed by atoms with Crippen molar-refractivity contribution in [3.05, 3.63) is 15.5 Å². The number of methoxy groups -OCH3 is 1. The first kappa shape index (κ1) is 11.4. The average molecular weight is 256 g/mol. The number of ether oxygens (including phenoxy) is 1. The van der Waals surface area contributed by atoms with Gasteiger partial charge in [-0.1, -0.05) is 6.92 Å². The normalized spacial score (nSPS) is 10.9. The van der Waals surface area contributed by atoms with Crippen LogP contribution in [0.3, 0.4) is 0 Å². The maximum Gasteiger partial charge on any atom is 0.213 e. The van der Waals surface area contributed by atoms with Crippen molar-refractivity contribution in [1.82, 2.24) is 20.2 Å². The van der Waals surface area contributed by atoms with Crippen LogP contribution in [0.5, 0.6) is 0 Å². The van der Waals surface area contributed by atoms with Crippen molar-refractivity contribution in [2.75, 3.05) is 7.11 Å². The van der Waals surface area contributed by atoms with Gasteiger partial charge in [0, 0.05) is 7.11 Å². The third kappa shape index (κ3) is 2.21. The van der Waals surface area contributed by atoms with Crippen molar-refractivity contribution in [2.24, 2.45) is 0 Å². The van der Waals surface area contributed by atoms with Crippen LogP contribution in [0, 0.1) is 4.77 Å². The van der Waals surface area contributed by atoms with E-state index >= 15 is 0 Å². The summed E-state index contributed by atoms with van der Waals surface area (Å²) in [6, 6.07) is 0. The first-order valence-electron chi connectivity index (χ1n) is 4.87. The highest BCUT2D eigenvalue weighted by atomic mass is 32.1. The van der Waals surface area contributed by atoms with Crippen molar-refractivity contribution in [3.8, 4) is 10.7 Å². The van der Waals surface area contributed by atoms with Gasteiger partial charge in [0.2, 0.25) is 4.77 Å². The highest BCUT2D eigenvalue weighted by Gasteiger charge is 2.14. The molecule has 2 rings (SSSR count). The van der Waals surface area contributed by atoms with E-state index in [9.17, 15) is 0 Å². The van der Waals surface area contributed by atoms with E-state index in [0.29, 0.717) is 11.4 Å². The quantitative estimate of drug-likeness (QED) is 0.824. The fraction of sp³-hybridized carbons (Fsp3) is 0.444. The Morgan fingerprint density at radius 3 is 2.75 bits per heavy atom. The molecule has 0 aromatic carbocycles. The zero-order chi connectivity index (χ0) is 11.5. The summed E-state index contributed by atoms with van der Waals surface area (Å²) in [7, 11) is 1.65. The van der Waals surface area contributed by atoms with Gasteiger partial charge in [-0.15, -0.1) is 11.3 Å². The highest BCUT2D eigenvalue weighted by molar-refractivity contribution is 7.71. The van der Waals surface area contributed by atoms with Gasteiger partial charge in [0.1, 0.15) is 0 Å². The van der Waals surface area contributed by atoms with E-state index in [-0.39, 0.29) is 0 Å². The van der Waals surface area contributed by atoms with E-state index in [2.05, 4.69) is 27.1 Å². The molecule has 0 atom stereocenters. The Balaban J connectivity index is 2.45. The molecule has 0 bridgehead atoms. The van der Waals surface area contributed by atoms with Crippen molar-refractivity contribution in [3.63, 3.8) is 0 Å². The molecule has 0 saturated carbocycles. The molecular weight excluding hydrogens is 244 g/mol. The minimum absolute atomic E-state index is 0.449. The number of aromatic nitrogens is 4. The van der Waals surface area contributed by atoms with E-state index in [1.807, 2.05) is 0 Å². The van der Waals surface area contributed by atoms with Crippen LogP contribution in [-0.2, 0) is 17.8 Å². The zero-order valence-corrected chi connectivity index (χ0v) is 10.7. The molecule has 2 heterocycles. The van der Waals surface area contributed by atoms with Crippen LogP contribution in [0.4, 0.5) is 0 Å². The van der Waals surface area contributed by atoms with Gasteiger partial charge in [0.25, 0.3) is 0 Å². The Bertz CT molecular complexity index is 528. The van der Waals surface area contributed by atoms with E-state index in [4.69, 9.17) is 17.0 Å². The Kier molecular flexibility index (Phi) is 3.47. The predicted molar refractivity (Wildman–Crippen MR) is 65.0 cm³/mol. The minimum Gasteiger partial charge on any atom is -0.378 e. The van der Waals surface area contributed by atoms with Gasteiger partial charge < -0.3 is 4.74 Å². The first-order chi connectivity index (χ1) is 7.74. The standard InChI is InChI=1S/C9H12N4OS2/c1-3-6-10-5(4-14-2)7(16-6)8-11-9(15)13-12-8/h3-4H2,1-2H3,(H2,11,12,13,15). The topological polar surface area (TPSA) is 66.6 Å². The molecule has 0 amide bonds. The number of hydrogen-bond acceptors (Lipinski definition) is 5. The number of nitrogens with one attached hydrogen (secondary N) is 2. The fourth-order valence-corrected chi connectivity index (χ4v) is 2.44. The molecule has 0 aliphatic rings. The van der Waals surface area contributed by atoms with Crippen LogP contribution < -0.4 is 0 Å². The van der Waals surface area contributed by atoms with Gasteiger partial charge >= 0.3 is 0 Å². The Morgan fingerprint density at radius 2 is 2.19 bits per heavy atom. The molecule has 0 saturated heterocycles. The molecule has 86 valence electrons. The lowest BCUT2D eigenvalue weighted by Crippen LogP contribution is -1.91. The predicted octanol–water partition coefficient (Wildman–Crippen LogP) is 2.30. The summed E-state index contributed by atoms with van der Waals surface area (Å²) in [5.74, 6) is 0.731. The number of H-pyrrole nitrogens is 2. The number of aromatic amines is 2. The molecule has 16 heavy (non-hydrogen) atoms. The monoisotopic (exact) mass is 256 g/mol.